The van der Waals surface area contributed by atoms with Gasteiger partial charge in [-0.1, -0.05) is 6.92 Å². The molecule has 0 radical (unpaired) electrons. The van der Waals surface area contributed by atoms with Gasteiger partial charge in [-0.25, -0.2) is 9.97 Å². The molecule has 2 heterocycles. The van der Waals surface area contributed by atoms with Crippen molar-refractivity contribution < 1.29 is 4.79 Å². The van der Waals surface area contributed by atoms with Gasteiger partial charge in [0, 0.05) is 38.6 Å². The fraction of sp³-hybridized carbons (Fsp3) is 0.556. The Kier molecular flexibility index (Phi) is 5.01. The average Bonchev–Trinajstić information content (AvgIpc) is 2.95. The van der Waals surface area contributed by atoms with Gasteiger partial charge in [0.1, 0.15) is 0 Å². The highest BCUT2D eigenvalue weighted by molar-refractivity contribution is 5.95. The number of fused-ring (bicyclic) bond motifs is 1. The van der Waals surface area contributed by atoms with Crippen LogP contribution in [0.5, 0.6) is 0 Å². The maximum Gasteiger partial charge on any atom is 0.255 e. The quantitative estimate of drug-likeness (QED) is 0.902. The van der Waals surface area contributed by atoms with E-state index in [0.29, 0.717) is 11.5 Å². The molecule has 7 nitrogen and oxygen atoms in total. The Balaban J connectivity index is 1.79. The summed E-state index contributed by atoms with van der Waals surface area (Å²) in [6.07, 6.45) is 7.53. The minimum Gasteiger partial charge on any atom is -0.347 e. The Morgan fingerprint density at radius 3 is 2.96 bits per heavy atom. The fourth-order valence-electron chi connectivity index (χ4n) is 3.22. The van der Waals surface area contributed by atoms with Crippen LogP contribution in [-0.4, -0.2) is 39.8 Å². The predicted octanol–water partition coefficient (Wildman–Crippen LogP) is 2.26. The summed E-state index contributed by atoms with van der Waals surface area (Å²) in [5.74, 6) is 0.636. The molecular formula is C18H26N6O. The van der Waals surface area contributed by atoms with Gasteiger partial charge < -0.3 is 10.2 Å². The molecule has 0 unspecified atom stereocenters. The lowest BCUT2D eigenvalue weighted by atomic mass is 9.92. The first-order valence-corrected chi connectivity index (χ1v) is 8.87. The summed E-state index contributed by atoms with van der Waals surface area (Å²) in [5, 5.41) is 7.57. The van der Waals surface area contributed by atoms with Crippen molar-refractivity contribution in [3.05, 3.63) is 34.9 Å². The van der Waals surface area contributed by atoms with Crippen LogP contribution in [0.2, 0.25) is 0 Å². The molecule has 0 aromatic carbocycles. The molecule has 2 aromatic heterocycles. The normalized spacial score (nSPS) is 16.4. The summed E-state index contributed by atoms with van der Waals surface area (Å²) in [6.45, 7) is 4.79. The molecule has 1 N–H and O–H groups in total. The van der Waals surface area contributed by atoms with Crippen LogP contribution in [0.3, 0.4) is 0 Å². The average molecular weight is 342 g/mol. The van der Waals surface area contributed by atoms with Crippen molar-refractivity contribution in [2.45, 2.75) is 52.1 Å². The first-order valence-electron chi connectivity index (χ1n) is 8.87. The van der Waals surface area contributed by atoms with E-state index in [1.165, 1.54) is 0 Å². The monoisotopic (exact) mass is 342 g/mol. The summed E-state index contributed by atoms with van der Waals surface area (Å²) in [4.78, 5) is 23.7. The molecule has 0 saturated carbocycles. The van der Waals surface area contributed by atoms with Gasteiger partial charge in [0.2, 0.25) is 5.95 Å². The van der Waals surface area contributed by atoms with E-state index in [2.05, 4.69) is 27.3 Å². The Morgan fingerprint density at radius 2 is 2.24 bits per heavy atom. The lowest BCUT2D eigenvalue weighted by Gasteiger charge is -2.26. The van der Waals surface area contributed by atoms with E-state index in [9.17, 15) is 4.79 Å². The Labute approximate surface area is 148 Å². The zero-order chi connectivity index (χ0) is 18.0. The van der Waals surface area contributed by atoms with Gasteiger partial charge in [0.05, 0.1) is 23.0 Å². The Hall–Kier alpha value is -2.44. The van der Waals surface area contributed by atoms with Crippen molar-refractivity contribution in [1.82, 2.24) is 25.1 Å². The number of rotatable bonds is 5. The van der Waals surface area contributed by atoms with Crippen LogP contribution in [0.25, 0.3) is 0 Å². The van der Waals surface area contributed by atoms with Crippen LogP contribution in [0.4, 0.5) is 5.95 Å². The van der Waals surface area contributed by atoms with E-state index in [-0.39, 0.29) is 11.9 Å². The molecule has 0 saturated heterocycles. The number of amides is 1. The van der Waals surface area contributed by atoms with E-state index < -0.39 is 0 Å². The molecule has 0 spiro atoms. The van der Waals surface area contributed by atoms with Crippen molar-refractivity contribution in [2.75, 3.05) is 19.0 Å². The second-order valence-corrected chi connectivity index (χ2v) is 6.78. The molecule has 1 aliphatic rings. The molecule has 0 aliphatic heterocycles. The largest absolute Gasteiger partial charge is 0.347 e. The third-order valence-electron chi connectivity index (χ3n) is 4.52. The number of nitrogens with one attached hydrogen (secondary N) is 1. The third kappa shape index (κ3) is 3.65. The summed E-state index contributed by atoms with van der Waals surface area (Å²) >= 11 is 0. The van der Waals surface area contributed by atoms with Crippen molar-refractivity contribution in [1.29, 1.82) is 0 Å². The van der Waals surface area contributed by atoms with Crippen molar-refractivity contribution in [3.63, 3.8) is 0 Å². The number of hydrogen-bond acceptors (Lipinski definition) is 5. The van der Waals surface area contributed by atoms with E-state index in [1.54, 1.807) is 0 Å². The van der Waals surface area contributed by atoms with Gasteiger partial charge in [-0.2, -0.15) is 5.10 Å². The molecule has 0 fully saturated rings. The first-order chi connectivity index (χ1) is 12.0. The third-order valence-corrected chi connectivity index (χ3v) is 4.52. The van der Waals surface area contributed by atoms with Crippen molar-refractivity contribution in [3.8, 4) is 0 Å². The number of nitrogens with zero attached hydrogens (tertiary/aromatic N) is 5. The van der Waals surface area contributed by atoms with Crippen LogP contribution < -0.4 is 10.2 Å². The van der Waals surface area contributed by atoms with Gasteiger partial charge in [-0.3, -0.25) is 9.48 Å². The number of carbonyl (C=O) groups is 1. The second-order valence-electron chi connectivity index (χ2n) is 6.78. The number of anilines is 1. The molecule has 7 heteroatoms. The molecular weight excluding hydrogens is 316 g/mol. The molecule has 1 aliphatic carbocycles. The number of aryl methyl sites for hydroxylation is 3. The molecule has 25 heavy (non-hydrogen) atoms. The minimum absolute atomic E-state index is 0.0404. The molecule has 3 rings (SSSR count). The number of aromatic nitrogens is 4. The van der Waals surface area contributed by atoms with Gasteiger partial charge in [0.25, 0.3) is 5.91 Å². The second kappa shape index (κ2) is 7.21. The van der Waals surface area contributed by atoms with Crippen LogP contribution in [0, 0.1) is 6.92 Å². The molecule has 0 bridgehead atoms. The SMILES string of the molecule is CCCn1cc(C(=O)N[C@@H]2CCCc3nc(N(C)C)ncc32)c(C)n1. The van der Waals surface area contributed by atoms with Crippen LogP contribution in [0.1, 0.15) is 59.5 Å². The predicted molar refractivity (Wildman–Crippen MR) is 96.8 cm³/mol. The standard InChI is InChI=1S/C18H26N6O/c1-5-9-24-11-14(12(2)22-24)17(25)20-15-7-6-8-16-13(15)10-19-18(21-16)23(3)4/h10-11,15H,5-9H2,1-4H3,(H,20,25)/t15-/m1/s1. The summed E-state index contributed by atoms with van der Waals surface area (Å²) in [6, 6.07) is -0.0404. The van der Waals surface area contributed by atoms with Gasteiger partial charge in [0.15, 0.2) is 0 Å². The fourth-order valence-corrected chi connectivity index (χ4v) is 3.22. The zero-order valence-corrected chi connectivity index (χ0v) is 15.4. The highest BCUT2D eigenvalue weighted by Gasteiger charge is 2.25. The van der Waals surface area contributed by atoms with E-state index in [1.807, 2.05) is 43.0 Å². The van der Waals surface area contributed by atoms with Gasteiger partial charge in [-0.05, 0) is 32.6 Å². The van der Waals surface area contributed by atoms with Crippen LogP contribution >= 0.6 is 0 Å². The maximum atomic E-state index is 12.7. The van der Waals surface area contributed by atoms with E-state index >= 15 is 0 Å². The first kappa shape index (κ1) is 17.4. The van der Waals surface area contributed by atoms with Gasteiger partial charge in [-0.15, -0.1) is 0 Å². The van der Waals surface area contributed by atoms with Crippen LogP contribution in [0.15, 0.2) is 12.4 Å². The van der Waals surface area contributed by atoms with Crippen molar-refractivity contribution in [2.24, 2.45) is 0 Å². The van der Waals surface area contributed by atoms with Crippen LogP contribution in [-0.2, 0) is 13.0 Å². The highest BCUT2D eigenvalue weighted by atomic mass is 16.1. The minimum atomic E-state index is -0.0746. The maximum absolute atomic E-state index is 12.7. The summed E-state index contributed by atoms with van der Waals surface area (Å²) in [5.41, 5.74) is 3.48. The molecule has 134 valence electrons. The number of carbonyl (C=O) groups excluding carboxylic acids is 1. The molecule has 1 amide bonds. The Bertz CT molecular complexity index is 767. The lowest BCUT2D eigenvalue weighted by molar-refractivity contribution is 0.0932. The summed E-state index contributed by atoms with van der Waals surface area (Å²) < 4.78 is 1.84. The van der Waals surface area contributed by atoms with E-state index in [0.717, 1.165) is 49.2 Å². The Morgan fingerprint density at radius 1 is 1.44 bits per heavy atom. The molecule has 2 aromatic rings. The lowest BCUT2D eigenvalue weighted by Crippen LogP contribution is -2.32. The topological polar surface area (TPSA) is 75.9 Å². The molecule has 1 atom stereocenters. The van der Waals surface area contributed by atoms with Crippen molar-refractivity contribution >= 4 is 11.9 Å². The highest BCUT2D eigenvalue weighted by Crippen LogP contribution is 2.29. The van der Waals surface area contributed by atoms with Gasteiger partial charge >= 0.3 is 0 Å². The zero-order valence-electron chi connectivity index (χ0n) is 15.4. The number of hydrogen-bond donors (Lipinski definition) is 1. The smallest absolute Gasteiger partial charge is 0.255 e. The summed E-state index contributed by atoms with van der Waals surface area (Å²) in [7, 11) is 3.86. The van der Waals surface area contributed by atoms with E-state index in [4.69, 9.17) is 0 Å².